The summed E-state index contributed by atoms with van der Waals surface area (Å²) in [4.78, 5) is 32.6. The fourth-order valence-corrected chi connectivity index (χ4v) is 2.96. The first-order valence-corrected chi connectivity index (χ1v) is 7.15. The van der Waals surface area contributed by atoms with Crippen LogP contribution >= 0.6 is 27.7 Å². The fraction of sp³-hybridized carbons (Fsp3) is 0.273. The summed E-state index contributed by atoms with van der Waals surface area (Å²) in [5.41, 5.74) is -0.0575. The molecule has 0 fully saturated rings. The van der Waals surface area contributed by atoms with E-state index < -0.39 is 22.8 Å². The van der Waals surface area contributed by atoms with Crippen molar-refractivity contribution in [3.05, 3.63) is 32.8 Å². The smallest absolute Gasteiger partial charge is 0.327 e. The lowest BCUT2D eigenvalue weighted by Crippen LogP contribution is -2.41. The van der Waals surface area contributed by atoms with Crippen LogP contribution in [0.2, 0.25) is 0 Å². The van der Waals surface area contributed by atoms with Gasteiger partial charge in [0.25, 0.3) is 5.69 Å². The van der Waals surface area contributed by atoms with Crippen molar-refractivity contribution >= 4 is 45.3 Å². The maximum atomic E-state index is 11.0. The first-order valence-electron chi connectivity index (χ1n) is 5.38. The molecule has 0 aliphatic heterocycles. The van der Waals surface area contributed by atoms with Crippen molar-refractivity contribution in [1.82, 2.24) is 5.32 Å². The van der Waals surface area contributed by atoms with Crippen molar-refractivity contribution in [2.45, 2.75) is 17.9 Å². The Hall–Kier alpha value is -1.61. The molecule has 0 bridgehead atoms. The molecular formula is C11H11BrN2O5S. The Morgan fingerprint density at radius 1 is 1.55 bits per heavy atom. The van der Waals surface area contributed by atoms with E-state index >= 15 is 0 Å². The number of nitro groups is 1. The molecule has 2 N–H and O–H groups in total. The van der Waals surface area contributed by atoms with E-state index in [9.17, 15) is 19.7 Å². The predicted molar refractivity (Wildman–Crippen MR) is 76.8 cm³/mol. The summed E-state index contributed by atoms with van der Waals surface area (Å²) < 4.78 is 0.503. The zero-order chi connectivity index (χ0) is 15.3. The first kappa shape index (κ1) is 16.4. The van der Waals surface area contributed by atoms with Crippen molar-refractivity contribution in [2.75, 3.05) is 5.75 Å². The number of hydrogen-bond acceptors (Lipinski definition) is 5. The summed E-state index contributed by atoms with van der Waals surface area (Å²) in [6, 6.07) is 3.19. The van der Waals surface area contributed by atoms with Crippen LogP contribution in [-0.4, -0.2) is 33.7 Å². The third-order valence-corrected chi connectivity index (χ3v) is 4.29. The molecule has 0 aromatic heterocycles. The number of nitrogens with one attached hydrogen (secondary N) is 1. The van der Waals surface area contributed by atoms with Gasteiger partial charge in [0.15, 0.2) is 0 Å². The number of nitrogens with zero attached hydrogens (tertiary/aromatic N) is 1. The molecule has 1 aromatic carbocycles. The molecule has 0 radical (unpaired) electrons. The topological polar surface area (TPSA) is 110 Å². The van der Waals surface area contributed by atoms with E-state index in [4.69, 9.17) is 5.11 Å². The van der Waals surface area contributed by atoms with Crippen molar-refractivity contribution in [3.8, 4) is 0 Å². The van der Waals surface area contributed by atoms with Gasteiger partial charge in [0.05, 0.1) is 4.92 Å². The van der Waals surface area contributed by atoms with E-state index in [1.165, 1.54) is 36.9 Å². The molecule has 1 atom stereocenters. The lowest BCUT2D eigenvalue weighted by Gasteiger charge is -2.13. The molecule has 108 valence electrons. The van der Waals surface area contributed by atoms with Crippen LogP contribution in [0.3, 0.4) is 0 Å². The fourth-order valence-electron chi connectivity index (χ4n) is 1.31. The van der Waals surface area contributed by atoms with Gasteiger partial charge in [-0.15, -0.1) is 11.8 Å². The maximum absolute atomic E-state index is 11.0. The zero-order valence-corrected chi connectivity index (χ0v) is 12.7. The summed E-state index contributed by atoms with van der Waals surface area (Å²) in [5, 5.41) is 21.9. The number of nitro benzene ring substituents is 1. The van der Waals surface area contributed by atoms with Crippen molar-refractivity contribution in [1.29, 1.82) is 0 Å². The Morgan fingerprint density at radius 2 is 2.20 bits per heavy atom. The number of halogens is 1. The largest absolute Gasteiger partial charge is 0.480 e. The molecule has 1 rings (SSSR count). The van der Waals surface area contributed by atoms with Crippen LogP contribution in [0.1, 0.15) is 6.92 Å². The van der Waals surface area contributed by atoms with Crippen LogP contribution in [-0.2, 0) is 9.59 Å². The summed E-state index contributed by atoms with van der Waals surface area (Å²) in [6.07, 6.45) is 0. The van der Waals surface area contributed by atoms with Crippen molar-refractivity contribution in [3.63, 3.8) is 0 Å². The van der Waals surface area contributed by atoms with Gasteiger partial charge in [0, 0.05) is 34.2 Å². The second kappa shape index (κ2) is 7.25. The highest BCUT2D eigenvalue weighted by molar-refractivity contribution is 9.10. The molecule has 1 amide bonds. The van der Waals surface area contributed by atoms with Crippen LogP contribution in [0, 0.1) is 10.1 Å². The minimum atomic E-state index is -1.13. The average molecular weight is 363 g/mol. The Kier molecular flexibility index (Phi) is 5.96. The lowest BCUT2D eigenvalue weighted by atomic mass is 10.3. The van der Waals surface area contributed by atoms with E-state index in [0.717, 1.165) is 0 Å². The normalized spacial score (nSPS) is 11.7. The molecule has 1 aromatic rings. The van der Waals surface area contributed by atoms with E-state index in [1.54, 1.807) is 0 Å². The van der Waals surface area contributed by atoms with Crippen LogP contribution < -0.4 is 5.32 Å². The number of amides is 1. The van der Waals surface area contributed by atoms with E-state index in [-0.39, 0.29) is 11.4 Å². The number of non-ortho nitro benzene ring substituents is 1. The van der Waals surface area contributed by atoms with Crippen LogP contribution in [0.15, 0.2) is 27.6 Å². The van der Waals surface area contributed by atoms with Gasteiger partial charge in [0.1, 0.15) is 6.04 Å². The number of carbonyl (C=O) groups is 2. The number of benzene rings is 1. The van der Waals surface area contributed by atoms with Gasteiger partial charge in [0.2, 0.25) is 5.91 Å². The molecule has 0 aliphatic rings. The molecule has 9 heteroatoms. The molecule has 20 heavy (non-hydrogen) atoms. The number of carboxylic acids is 1. The highest BCUT2D eigenvalue weighted by Gasteiger charge is 2.19. The number of thioether (sulfide) groups is 1. The first-order chi connectivity index (χ1) is 9.31. The maximum Gasteiger partial charge on any atom is 0.327 e. The third-order valence-electron chi connectivity index (χ3n) is 2.21. The highest BCUT2D eigenvalue weighted by Crippen LogP contribution is 2.31. The van der Waals surface area contributed by atoms with Gasteiger partial charge >= 0.3 is 5.97 Å². The van der Waals surface area contributed by atoms with Gasteiger partial charge in [-0.3, -0.25) is 14.9 Å². The summed E-state index contributed by atoms with van der Waals surface area (Å²) in [5.74, 6) is -1.45. The molecule has 0 spiro atoms. The minimum absolute atomic E-state index is 0.0575. The Labute approximate surface area is 127 Å². The van der Waals surface area contributed by atoms with E-state index in [0.29, 0.717) is 9.37 Å². The molecule has 0 saturated carbocycles. The SMILES string of the molecule is CC(=O)NC(CSc1ccc([N+](=O)[O-])cc1Br)C(=O)O. The number of rotatable bonds is 6. The van der Waals surface area contributed by atoms with Gasteiger partial charge in [-0.1, -0.05) is 0 Å². The highest BCUT2D eigenvalue weighted by atomic mass is 79.9. The Balaban J connectivity index is 2.75. The monoisotopic (exact) mass is 362 g/mol. The number of hydrogen-bond donors (Lipinski definition) is 2. The lowest BCUT2D eigenvalue weighted by molar-refractivity contribution is -0.385. The third kappa shape index (κ3) is 4.82. The average Bonchev–Trinajstić information content (AvgIpc) is 2.34. The molecule has 0 heterocycles. The van der Waals surface area contributed by atoms with Gasteiger partial charge in [-0.25, -0.2) is 4.79 Å². The zero-order valence-electron chi connectivity index (χ0n) is 10.3. The second-order valence-electron chi connectivity index (χ2n) is 3.77. The van der Waals surface area contributed by atoms with E-state index in [1.807, 2.05) is 0 Å². The van der Waals surface area contributed by atoms with Crippen LogP contribution in [0.4, 0.5) is 5.69 Å². The van der Waals surface area contributed by atoms with Gasteiger partial charge < -0.3 is 10.4 Å². The molecule has 0 saturated heterocycles. The number of carboxylic acid groups (broad SMARTS) is 1. The minimum Gasteiger partial charge on any atom is -0.480 e. The van der Waals surface area contributed by atoms with Gasteiger partial charge in [-0.05, 0) is 22.0 Å². The predicted octanol–water partition coefficient (Wildman–Crippen LogP) is 2.04. The molecular weight excluding hydrogens is 352 g/mol. The number of carbonyl (C=O) groups excluding carboxylic acids is 1. The van der Waals surface area contributed by atoms with Crippen molar-refractivity contribution < 1.29 is 19.6 Å². The van der Waals surface area contributed by atoms with E-state index in [2.05, 4.69) is 21.2 Å². The quantitative estimate of drug-likeness (QED) is 0.455. The van der Waals surface area contributed by atoms with Crippen LogP contribution in [0.5, 0.6) is 0 Å². The number of aliphatic carboxylic acids is 1. The molecule has 1 unspecified atom stereocenters. The van der Waals surface area contributed by atoms with Crippen molar-refractivity contribution in [2.24, 2.45) is 0 Å². The summed E-state index contributed by atoms with van der Waals surface area (Å²) in [7, 11) is 0. The summed E-state index contributed by atoms with van der Waals surface area (Å²) in [6.45, 7) is 1.24. The molecule has 0 aliphatic carbocycles. The second-order valence-corrected chi connectivity index (χ2v) is 5.69. The Bertz CT molecular complexity index is 552. The van der Waals surface area contributed by atoms with Gasteiger partial charge in [-0.2, -0.15) is 0 Å². The Morgan fingerprint density at radius 3 is 2.65 bits per heavy atom. The molecule has 7 nitrogen and oxygen atoms in total. The summed E-state index contributed by atoms with van der Waals surface area (Å²) >= 11 is 4.37. The van der Waals surface area contributed by atoms with Crippen LogP contribution in [0.25, 0.3) is 0 Å². The standard InChI is InChI=1S/C11H11BrN2O5S/c1-6(15)13-9(11(16)17)5-20-10-3-2-7(14(18)19)4-8(10)12/h2-4,9H,5H2,1H3,(H,13,15)(H,16,17).